The Labute approximate surface area is 177 Å². The molecule has 3 rings (SSSR count). The summed E-state index contributed by atoms with van der Waals surface area (Å²) in [5.41, 5.74) is 2.02. The topological polar surface area (TPSA) is 77.5 Å². The number of hydrogen-bond acceptors (Lipinski definition) is 5. The first-order valence-electron chi connectivity index (χ1n) is 10.1. The first-order valence-corrected chi connectivity index (χ1v) is 10.5. The lowest BCUT2D eigenvalue weighted by Gasteiger charge is -2.34. The molecule has 29 heavy (non-hydrogen) atoms. The lowest BCUT2D eigenvalue weighted by molar-refractivity contribution is 0.102. The first-order chi connectivity index (χ1) is 14.0. The molecule has 1 aromatic carbocycles. The number of halogens is 1. The SMILES string of the molecule is CC(C)N1CCC(CNc2cc(CO)ccc2C(=O)Nc2ccc(Cl)cn2)CC1. The van der Waals surface area contributed by atoms with Crippen LogP contribution in [0.4, 0.5) is 11.5 Å². The van der Waals surface area contributed by atoms with E-state index in [0.717, 1.165) is 43.7 Å². The third kappa shape index (κ3) is 5.92. The quantitative estimate of drug-likeness (QED) is 0.635. The molecule has 0 unspecified atom stereocenters. The number of hydrogen-bond donors (Lipinski definition) is 3. The molecule has 0 spiro atoms. The Balaban J connectivity index is 1.67. The number of aliphatic hydroxyl groups is 1. The number of piperidine rings is 1. The fourth-order valence-electron chi connectivity index (χ4n) is 3.60. The van der Waals surface area contributed by atoms with E-state index < -0.39 is 0 Å². The molecule has 156 valence electrons. The fourth-order valence-corrected chi connectivity index (χ4v) is 3.71. The molecule has 0 aliphatic carbocycles. The Morgan fingerprint density at radius 1 is 1.28 bits per heavy atom. The molecule has 0 radical (unpaired) electrons. The van der Waals surface area contributed by atoms with Gasteiger partial charge in [0.05, 0.1) is 17.2 Å². The number of likely N-dealkylation sites (tertiary alicyclic amines) is 1. The smallest absolute Gasteiger partial charge is 0.258 e. The third-order valence-electron chi connectivity index (χ3n) is 5.44. The summed E-state index contributed by atoms with van der Waals surface area (Å²) in [5.74, 6) is 0.760. The zero-order valence-corrected chi connectivity index (χ0v) is 17.7. The van der Waals surface area contributed by atoms with Crippen molar-refractivity contribution < 1.29 is 9.90 Å². The summed E-state index contributed by atoms with van der Waals surface area (Å²) in [5, 5.41) is 16.3. The average molecular weight is 417 g/mol. The van der Waals surface area contributed by atoms with Crippen molar-refractivity contribution in [1.29, 1.82) is 0 Å². The molecule has 3 N–H and O–H groups in total. The van der Waals surface area contributed by atoms with Gasteiger partial charge in [0, 0.05) is 24.5 Å². The molecule has 1 saturated heterocycles. The van der Waals surface area contributed by atoms with Gasteiger partial charge in [-0.1, -0.05) is 17.7 Å². The third-order valence-corrected chi connectivity index (χ3v) is 5.66. The van der Waals surface area contributed by atoms with Crippen molar-refractivity contribution in [1.82, 2.24) is 9.88 Å². The van der Waals surface area contributed by atoms with E-state index in [1.807, 2.05) is 6.07 Å². The van der Waals surface area contributed by atoms with Gasteiger partial charge in [0.15, 0.2) is 0 Å². The second-order valence-electron chi connectivity index (χ2n) is 7.81. The summed E-state index contributed by atoms with van der Waals surface area (Å²) in [6.45, 7) is 7.42. The Kier molecular flexibility index (Phi) is 7.47. The molecular weight excluding hydrogens is 388 g/mol. The number of pyridine rings is 1. The van der Waals surface area contributed by atoms with Crippen molar-refractivity contribution in [2.24, 2.45) is 5.92 Å². The van der Waals surface area contributed by atoms with Crippen molar-refractivity contribution in [3.8, 4) is 0 Å². The number of benzene rings is 1. The number of aromatic nitrogens is 1. The lowest BCUT2D eigenvalue weighted by atomic mass is 9.95. The van der Waals surface area contributed by atoms with Gasteiger partial charge in [0.1, 0.15) is 5.82 Å². The summed E-state index contributed by atoms with van der Waals surface area (Å²) in [7, 11) is 0. The molecule has 1 fully saturated rings. The van der Waals surface area contributed by atoms with Gasteiger partial charge in [-0.15, -0.1) is 0 Å². The van der Waals surface area contributed by atoms with Crippen LogP contribution < -0.4 is 10.6 Å². The van der Waals surface area contributed by atoms with Crippen molar-refractivity contribution in [3.63, 3.8) is 0 Å². The van der Waals surface area contributed by atoms with E-state index in [1.165, 1.54) is 6.20 Å². The number of amides is 1. The average Bonchev–Trinajstić information content (AvgIpc) is 2.73. The molecule has 1 aromatic heterocycles. The molecule has 0 saturated carbocycles. The van der Waals surface area contributed by atoms with Gasteiger partial charge in [-0.25, -0.2) is 4.98 Å². The molecule has 6 nitrogen and oxygen atoms in total. The molecular formula is C22H29ClN4O2. The molecule has 0 bridgehead atoms. The van der Waals surface area contributed by atoms with Crippen LogP contribution in [0.3, 0.4) is 0 Å². The highest BCUT2D eigenvalue weighted by Gasteiger charge is 2.21. The van der Waals surface area contributed by atoms with E-state index in [0.29, 0.717) is 28.4 Å². The van der Waals surface area contributed by atoms with E-state index in [2.05, 4.69) is 34.4 Å². The molecule has 7 heteroatoms. The van der Waals surface area contributed by atoms with Crippen LogP contribution >= 0.6 is 11.6 Å². The van der Waals surface area contributed by atoms with E-state index in [9.17, 15) is 9.90 Å². The highest BCUT2D eigenvalue weighted by Crippen LogP contribution is 2.23. The van der Waals surface area contributed by atoms with Gasteiger partial charge in [0.25, 0.3) is 5.91 Å². The molecule has 1 aliphatic rings. The second-order valence-corrected chi connectivity index (χ2v) is 8.24. The van der Waals surface area contributed by atoms with Crippen LogP contribution in [-0.2, 0) is 6.61 Å². The van der Waals surface area contributed by atoms with Gasteiger partial charge in [-0.3, -0.25) is 4.79 Å². The Morgan fingerprint density at radius 3 is 2.66 bits per heavy atom. The van der Waals surface area contributed by atoms with Crippen molar-refractivity contribution in [2.45, 2.75) is 39.3 Å². The summed E-state index contributed by atoms with van der Waals surface area (Å²) < 4.78 is 0. The monoisotopic (exact) mass is 416 g/mol. The number of nitrogens with zero attached hydrogens (tertiary/aromatic N) is 2. The van der Waals surface area contributed by atoms with E-state index >= 15 is 0 Å². The summed E-state index contributed by atoms with van der Waals surface area (Å²) >= 11 is 5.85. The Hall–Kier alpha value is -2.15. The molecule has 1 amide bonds. The number of carbonyl (C=O) groups excluding carboxylic acids is 1. The molecule has 2 heterocycles. The minimum Gasteiger partial charge on any atom is -0.392 e. The highest BCUT2D eigenvalue weighted by atomic mass is 35.5. The van der Waals surface area contributed by atoms with Crippen LogP contribution in [0.1, 0.15) is 42.6 Å². The molecule has 2 aromatic rings. The van der Waals surface area contributed by atoms with Crippen molar-refractivity contribution in [3.05, 3.63) is 52.7 Å². The van der Waals surface area contributed by atoms with E-state index in [1.54, 1.807) is 24.3 Å². The number of anilines is 2. The molecule has 1 aliphatic heterocycles. The number of carbonyl (C=O) groups is 1. The maximum absolute atomic E-state index is 12.8. The molecule has 0 atom stereocenters. The first kappa shape index (κ1) is 21.6. The maximum atomic E-state index is 12.8. The van der Waals surface area contributed by atoms with Gasteiger partial charge >= 0.3 is 0 Å². The van der Waals surface area contributed by atoms with Crippen LogP contribution in [0.25, 0.3) is 0 Å². The fraction of sp³-hybridized carbons (Fsp3) is 0.455. The second kappa shape index (κ2) is 10.1. The number of rotatable bonds is 7. The maximum Gasteiger partial charge on any atom is 0.258 e. The van der Waals surface area contributed by atoms with Gasteiger partial charge in [0.2, 0.25) is 0 Å². The largest absolute Gasteiger partial charge is 0.392 e. The van der Waals surface area contributed by atoms with Crippen molar-refractivity contribution in [2.75, 3.05) is 30.3 Å². The van der Waals surface area contributed by atoms with Crippen LogP contribution in [0.15, 0.2) is 36.5 Å². The van der Waals surface area contributed by atoms with Crippen LogP contribution in [0, 0.1) is 5.92 Å². The minimum absolute atomic E-state index is 0.0674. The van der Waals surface area contributed by atoms with Gasteiger partial charge < -0.3 is 20.6 Å². The normalized spacial score (nSPS) is 15.5. The predicted molar refractivity (Wildman–Crippen MR) is 117 cm³/mol. The van der Waals surface area contributed by atoms with E-state index in [4.69, 9.17) is 11.6 Å². The lowest BCUT2D eigenvalue weighted by Crippen LogP contribution is -2.39. The van der Waals surface area contributed by atoms with Crippen LogP contribution in [0.5, 0.6) is 0 Å². The van der Waals surface area contributed by atoms with Crippen LogP contribution in [0.2, 0.25) is 5.02 Å². The minimum atomic E-state index is -0.249. The van der Waals surface area contributed by atoms with Crippen molar-refractivity contribution >= 4 is 29.0 Å². The summed E-state index contributed by atoms with van der Waals surface area (Å²) in [4.78, 5) is 19.4. The summed E-state index contributed by atoms with van der Waals surface area (Å²) in [6.07, 6.45) is 3.77. The number of nitrogens with one attached hydrogen (secondary N) is 2. The van der Waals surface area contributed by atoms with Gasteiger partial charge in [-0.05, 0) is 75.5 Å². The standard InChI is InChI=1S/C22H29ClN4O2/c1-15(2)27-9-7-16(8-10-27)12-24-20-11-17(14-28)3-5-19(20)22(29)26-21-6-4-18(23)13-25-21/h3-6,11,13,15-16,24,28H,7-10,12,14H2,1-2H3,(H,25,26,29). The van der Waals surface area contributed by atoms with Gasteiger partial charge in [-0.2, -0.15) is 0 Å². The van der Waals surface area contributed by atoms with Crippen LogP contribution in [-0.4, -0.2) is 46.6 Å². The Bertz CT molecular complexity index is 818. The zero-order chi connectivity index (χ0) is 20.8. The number of aliphatic hydroxyl groups excluding tert-OH is 1. The highest BCUT2D eigenvalue weighted by molar-refractivity contribution is 6.30. The van der Waals surface area contributed by atoms with E-state index in [-0.39, 0.29) is 12.5 Å². The Morgan fingerprint density at radius 2 is 2.03 bits per heavy atom. The summed E-state index contributed by atoms with van der Waals surface area (Å²) in [6, 6.07) is 9.27. The zero-order valence-electron chi connectivity index (χ0n) is 17.0. The predicted octanol–water partition coefficient (Wildman–Crippen LogP) is 4.01.